The first-order chi connectivity index (χ1) is 8.88. The van der Waals surface area contributed by atoms with Crippen LogP contribution in [-0.2, 0) is 10.0 Å². The average Bonchev–Trinajstić information content (AvgIpc) is 2.75. The van der Waals surface area contributed by atoms with Gasteiger partial charge < -0.3 is 5.73 Å². The predicted molar refractivity (Wildman–Crippen MR) is 74.2 cm³/mol. The zero-order valence-corrected chi connectivity index (χ0v) is 12.1. The monoisotopic (exact) mass is 298 g/mol. The van der Waals surface area contributed by atoms with Crippen LogP contribution in [0.15, 0.2) is 28.6 Å². The lowest BCUT2D eigenvalue weighted by atomic mass is 10.4. The summed E-state index contributed by atoms with van der Waals surface area (Å²) in [7, 11) is -3.62. The van der Waals surface area contributed by atoms with Crippen molar-refractivity contribution in [2.45, 2.75) is 24.8 Å². The van der Waals surface area contributed by atoms with Gasteiger partial charge in [-0.05, 0) is 19.9 Å². The van der Waals surface area contributed by atoms with Gasteiger partial charge in [-0.25, -0.2) is 23.1 Å². The Balaban J connectivity index is 2.22. The Morgan fingerprint density at radius 1 is 1.47 bits per heavy atom. The third-order valence-electron chi connectivity index (χ3n) is 2.40. The molecule has 8 heteroatoms. The molecule has 0 aliphatic carbocycles. The summed E-state index contributed by atoms with van der Waals surface area (Å²) in [4.78, 5) is 8.13. The van der Waals surface area contributed by atoms with Gasteiger partial charge in [-0.15, -0.1) is 11.3 Å². The minimum Gasteiger partial charge on any atom is -0.384 e. The fourth-order valence-electron chi connectivity index (χ4n) is 1.52. The maximum absolute atomic E-state index is 12.2. The van der Waals surface area contributed by atoms with Crippen molar-refractivity contribution in [3.63, 3.8) is 0 Å². The van der Waals surface area contributed by atoms with Gasteiger partial charge in [0, 0.05) is 23.3 Å². The number of aromatic nitrogens is 2. The molecular formula is C11H14N4O2S2. The second-order valence-corrected chi connectivity index (χ2v) is 6.69. The molecule has 2 aromatic heterocycles. The standard InChI is InChI=1S/C11H14N4O2S2/c1-7-6-18-11(14-7)8(2)15-19(16,17)9-3-4-13-10(12)5-9/h3-6,8,15H,1-2H3,(H2,12,13). The third kappa shape index (κ3) is 3.28. The maximum Gasteiger partial charge on any atom is 0.241 e. The Kier molecular flexibility index (Phi) is 3.83. The number of anilines is 1. The molecule has 6 nitrogen and oxygen atoms in total. The molecule has 0 aliphatic heterocycles. The number of hydrogen-bond donors (Lipinski definition) is 2. The van der Waals surface area contributed by atoms with E-state index in [2.05, 4.69) is 14.7 Å². The molecule has 0 radical (unpaired) electrons. The second kappa shape index (κ2) is 5.24. The molecule has 0 aromatic carbocycles. The lowest BCUT2D eigenvalue weighted by molar-refractivity contribution is 0.566. The van der Waals surface area contributed by atoms with E-state index in [9.17, 15) is 8.42 Å². The number of thiazole rings is 1. The molecule has 0 bridgehead atoms. The zero-order chi connectivity index (χ0) is 14.0. The average molecular weight is 298 g/mol. The normalized spacial score (nSPS) is 13.4. The quantitative estimate of drug-likeness (QED) is 0.890. The molecule has 3 N–H and O–H groups in total. The van der Waals surface area contributed by atoms with Gasteiger partial charge in [-0.3, -0.25) is 0 Å². The van der Waals surface area contributed by atoms with E-state index in [-0.39, 0.29) is 10.7 Å². The van der Waals surface area contributed by atoms with Crippen LogP contribution in [0.5, 0.6) is 0 Å². The zero-order valence-electron chi connectivity index (χ0n) is 10.5. The molecule has 0 aliphatic rings. The largest absolute Gasteiger partial charge is 0.384 e. The van der Waals surface area contributed by atoms with Crippen LogP contribution in [0.3, 0.4) is 0 Å². The van der Waals surface area contributed by atoms with Gasteiger partial charge in [-0.2, -0.15) is 0 Å². The van der Waals surface area contributed by atoms with Gasteiger partial charge in [0.1, 0.15) is 10.8 Å². The lowest BCUT2D eigenvalue weighted by Crippen LogP contribution is -2.27. The smallest absolute Gasteiger partial charge is 0.241 e. The van der Waals surface area contributed by atoms with E-state index in [1.54, 1.807) is 6.92 Å². The van der Waals surface area contributed by atoms with Crippen LogP contribution in [0.25, 0.3) is 0 Å². The molecule has 2 rings (SSSR count). The maximum atomic E-state index is 12.2. The van der Waals surface area contributed by atoms with E-state index in [0.29, 0.717) is 0 Å². The molecule has 2 heterocycles. The summed E-state index contributed by atoms with van der Waals surface area (Å²) >= 11 is 1.42. The van der Waals surface area contributed by atoms with Crippen LogP contribution in [0.1, 0.15) is 23.7 Å². The fourth-order valence-corrected chi connectivity index (χ4v) is 3.62. The van der Waals surface area contributed by atoms with E-state index in [4.69, 9.17) is 5.73 Å². The highest BCUT2D eigenvalue weighted by Crippen LogP contribution is 2.20. The van der Waals surface area contributed by atoms with E-state index < -0.39 is 16.1 Å². The van der Waals surface area contributed by atoms with Crippen LogP contribution in [0.2, 0.25) is 0 Å². The van der Waals surface area contributed by atoms with E-state index in [1.165, 1.54) is 29.7 Å². The fraction of sp³-hybridized carbons (Fsp3) is 0.273. The first kappa shape index (κ1) is 13.9. The summed E-state index contributed by atoms with van der Waals surface area (Å²) in [6, 6.07) is 2.33. The molecule has 0 saturated heterocycles. The number of aryl methyl sites for hydroxylation is 1. The Bertz CT molecular complexity index is 682. The molecule has 0 saturated carbocycles. The van der Waals surface area contributed by atoms with Crippen molar-refractivity contribution < 1.29 is 8.42 Å². The van der Waals surface area contributed by atoms with Gasteiger partial charge in [-0.1, -0.05) is 0 Å². The molecule has 102 valence electrons. The van der Waals surface area contributed by atoms with Gasteiger partial charge in [0.2, 0.25) is 10.0 Å². The van der Waals surface area contributed by atoms with Crippen molar-refractivity contribution in [1.82, 2.24) is 14.7 Å². The second-order valence-electron chi connectivity index (χ2n) is 4.09. The first-order valence-corrected chi connectivity index (χ1v) is 7.90. The number of nitrogens with zero attached hydrogens (tertiary/aromatic N) is 2. The van der Waals surface area contributed by atoms with Gasteiger partial charge >= 0.3 is 0 Å². The summed E-state index contributed by atoms with van der Waals surface area (Å²) in [5.74, 6) is 0.167. The van der Waals surface area contributed by atoms with Crippen LogP contribution < -0.4 is 10.5 Å². The lowest BCUT2D eigenvalue weighted by Gasteiger charge is -2.12. The van der Waals surface area contributed by atoms with Gasteiger partial charge in [0.25, 0.3) is 0 Å². The molecule has 0 fully saturated rings. The van der Waals surface area contributed by atoms with Gasteiger partial charge in [0.05, 0.1) is 10.9 Å². The Hall–Kier alpha value is -1.51. The summed E-state index contributed by atoms with van der Waals surface area (Å²) in [5, 5.41) is 2.60. The highest BCUT2D eigenvalue weighted by atomic mass is 32.2. The van der Waals surface area contributed by atoms with E-state index in [0.717, 1.165) is 10.7 Å². The van der Waals surface area contributed by atoms with Crippen molar-refractivity contribution >= 4 is 27.2 Å². The molecule has 0 spiro atoms. The number of hydrogen-bond acceptors (Lipinski definition) is 6. The predicted octanol–water partition coefficient (Wildman–Crippen LogP) is 1.47. The highest BCUT2D eigenvalue weighted by Gasteiger charge is 2.20. The Labute approximate surface area is 115 Å². The Morgan fingerprint density at radius 2 is 2.21 bits per heavy atom. The Morgan fingerprint density at radius 3 is 2.79 bits per heavy atom. The molecule has 19 heavy (non-hydrogen) atoms. The number of pyridine rings is 1. The van der Waals surface area contributed by atoms with Crippen molar-refractivity contribution in [2.75, 3.05) is 5.73 Å². The van der Waals surface area contributed by atoms with Crippen LogP contribution >= 0.6 is 11.3 Å². The van der Waals surface area contributed by atoms with Crippen molar-refractivity contribution in [3.05, 3.63) is 34.4 Å². The molecular weight excluding hydrogens is 284 g/mol. The molecule has 1 atom stereocenters. The van der Waals surface area contributed by atoms with Crippen molar-refractivity contribution in [3.8, 4) is 0 Å². The molecule has 1 unspecified atom stereocenters. The van der Waals surface area contributed by atoms with Crippen LogP contribution in [0.4, 0.5) is 5.82 Å². The number of nitrogens with two attached hydrogens (primary N) is 1. The number of sulfonamides is 1. The van der Waals surface area contributed by atoms with E-state index >= 15 is 0 Å². The summed E-state index contributed by atoms with van der Waals surface area (Å²) in [5.41, 5.74) is 6.36. The summed E-state index contributed by atoms with van der Waals surface area (Å²) in [6.07, 6.45) is 1.36. The van der Waals surface area contributed by atoms with Crippen molar-refractivity contribution in [2.24, 2.45) is 0 Å². The highest BCUT2D eigenvalue weighted by molar-refractivity contribution is 7.89. The number of nitrogen functional groups attached to an aromatic ring is 1. The number of rotatable bonds is 4. The first-order valence-electron chi connectivity index (χ1n) is 5.54. The van der Waals surface area contributed by atoms with Crippen molar-refractivity contribution in [1.29, 1.82) is 0 Å². The van der Waals surface area contributed by atoms with Gasteiger partial charge in [0.15, 0.2) is 0 Å². The van der Waals surface area contributed by atoms with Crippen LogP contribution in [-0.4, -0.2) is 18.4 Å². The topological polar surface area (TPSA) is 98.0 Å². The summed E-state index contributed by atoms with van der Waals surface area (Å²) in [6.45, 7) is 3.62. The minimum absolute atomic E-state index is 0.0973. The third-order valence-corrected chi connectivity index (χ3v) is 5.09. The molecule has 0 amide bonds. The van der Waals surface area contributed by atoms with E-state index in [1.807, 2.05) is 12.3 Å². The molecule has 2 aromatic rings. The minimum atomic E-state index is -3.62. The number of nitrogens with one attached hydrogen (secondary N) is 1. The summed E-state index contributed by atoms with van der Waals surface area (Å²) < 4.78 is 26.9. The SMILES string of the molecule is Cc1csc(C(C)NS(=O)(=O)c2ccnc(N)c2)n1. The van der Waals surface area contributed by atoms with Crippen LogP contribution in [0, 0.1) is 6.92 Å².